The van der Waals surface area contributed by atoms with Crippen LogP contribution in [0.2, 0.25) is 0 Å². The number of nitrogens with zero attached hydrogens (tertiary/aromatic N) is 3. The van der Waals surface area contributed by atoms with Crippen molar-refractivity contribution in [1.29, 1.82) is 0 Å². The highest BCUT2D eigenvalue weighted by Gasteiger charge is 2.18. The van der Waals surface area contributed by atoms with Gasteiger partial charge in [-0.3, -0.25) is 9.97 Å². The van der Waals surface area contributed by atoms with Crippen molar-refractivity contribution in [2.75, 3.05) is 5.32 Å². The van der Waals surface area contributed by atoms with Gasteiger partial charge in [-0.15, -0.1) is 0 Å². The van der Waals surface area contributed by atoms with Crippen LogP contribution < -0.4 is 5.32 Å². The fraction of sp³-hybridized carbons (Fsp3) is 0. The van der Waals surface area contributed by atoms with Crippen LogP contribution in [0.15, 0.2) is 72.0 Å². The molecular weight excluding hydrogens is 260 g/mol. The molecule has 0 fully saturated rings. The molecular formula is C17H12N4. The van der Waals surface area contributed by atoms with Crippen molar-refractivity contribution in [2.45, 2.75) is 0 Å². The molecule has 1 N–H and O–H groups in total. The fourth-order valence-corrected chi connectivity index (χ4v) is 2.37. The zero-order valence-corrected chi connectivity index (χ0v) is 11.2. The minimum atomic E-state index is 0.798. The van der Waals surface area contributed by atoms with E-state index in [4.69, 9.17) is 4.99 Å². The molecule has 3 aromatic rings. The Labute approximate surface area is 122 Å². The monoisotopic (exact) mass is 272 g/mol. The van der Waals surface area contributed by atoms with Crippen molar-refractivity contribution in [2.24, 2.45) is 4.99 Å². The summed E-state index contributed by atoms with van der Waals surface area (Å²) in [5.74, 6) is 0.802. The van der Waals surface area contributed by atoms with E-state index in [0.29, 0.717) is 0 Å². The third kappa shape index (κ3) is 2.07. The van der Waals surface area contributed by atoms with Gasteiger partial charge in [-0.1, -0.05) is 30.3 Å². The van der Waals surface area contributed by atoms with Crippen molar-refractivity contribution >= 4 is 17.2 Å². The van der Waals surface area contributed by atoms with Crippen molar-refractivity contribution in [3.05, 3.63) is 72.6 Å². The third-order valence-electron chi connectivity index (χ3n) is 3.35. The minimum absolute atomic E-state index is 0.798. The second-order valence-electron chi connectivity index (χ2n) is 4.72. The summed E-state index contributed by atoms with van der Waals surface area (Å²) in [4.78, 5) is 13.6. The normalized spacial score (nSPS) is 12.5. The molecule has 0 amide bonds. The number of hydrogen-bond donors (Lipinski definition) is 1. The summed E-state index contributed by atoms with van der Waals surface area (Å²) in [6.45, 7) is 0. The van der Waals surface area contributed by atoms with Gasteiger partial charge in [0.15, 0.2) is 0 Å². The zero-order chi connectivity index (χ0) is 14.1. The number of aliphatic imine (C=N–C) groups is 1. The SMILES string of the molecule is c1ccc(C2=Nc3cccnc3-c3ncccc3N2)cc1. The van der Waals surface area contributed by atoms with Gasteiger partial charge >= 0.3 is 0 Å². The lowest BCUT2D eigenvalue weighted by Crippen LogP contribution is -2.12. The summed E-state index contributed by atoms with van der Waals surface area (Å²) >= 11 is 0. The Morgan fingerprint density at radius 3 is 2.33 bits per heavy atom. The van der Waals surface area contributed by atoms with E-state index in [1.165, 1.54) is 0 Å². The Kier molecular flexibility index (Phi) is 2.71. The van der Waals surface area contributed by atoms with E-state index in [1.807, 2.05) is 54.6 Å². The number of fused-ring (bicyclic) bond motifs is 3. The van der Waals surface area contributed by atoms with Gasteiger partial charge in [0.2, 0.25) is 0 Å². The second kappa shape index (κ2) is 4.83. The van der Waals surface area contributed by atoms with E-state index >= 15 is 0 Å². The molecule has 0 saturated heterocycles. The van der Waals surface area contributed by atoms with Gasteiger partial charge in [-0.05, 0) is 24.3 Å². The number of pyridine rings is 2. The number of benzene rings is 1. The smallest absolute Gasteiger partial charge is 0.138 e. The van der Waals surface area contributed by atoms with Gasteiger partial charge in [0.1, 0.15) is 17.2 Å². The summed E-state index contributed by atoms with van der Waals surface area (Å²) in [5.41, 5.74) is 4.39. The van der Waals surface area contributed by atoms with Crippen LogP contribution in [-0.4, -0.2) is 15.8 Å². The van der Waals surface area contributed by atoms with Crippen molar-refractivity contribution < 1.29 is 0 Å². The average Bonchev–Trinajstić information content (AvgIpc) is 2.72. The van der Waals surface area contributed by atoms with E-state index in [9.17, 15) is 0 Å². The van der Waals surface area contributed by atoms with Gasteiger partial charge < -0.3 is 5.32 Å². The molecule has 4 nitrogen and oxygen atoms in total. The number of aromatic nitrogens is 2. The first kappa shape index (κ1) is 11.8. The fourth-order valence-electron chi connectivity index (χ4n) is 2.37. The van der Waals surface area contributed by atoms with E-state index in [1.54, 1.807) is 12.4 Å². The molecule has 100 valence electrons. The molecule has 3 heterocycles. The maximum absolute atomic E-state index is 4.73. The largest absolute Gasteiger partial charge is 0.338 e. The van der Waals surface area contributed by atoms with Crippen LogP contribution in [0, 0.1) is 0 Å². The van der Waals surface area contributed by atoms with E-state index in [2.05, 4.69) is 15.3 Å². The van der Waals surface area contributed by atoms with Crippen LogP contribution in [0.4, 0.5) is 11.4 Å². The summed E-state index contributed by atoms with van der Waals surface area (Å²) in [5, 5.41) is 3.37. The number of anilines is 1. The molecule has 2 aromatic heterocycles. The molecule has 4 rings (SSSR count). The van der Waals surface area contributed by atoms with Gasteiger partial charge in [-0.2, -0.15) is 0 Å². The molecule has 0 spiro atoms. The van der Waals surface area contributed by atoms with E-state index in [0.717, 1.165) is 34.2 Å². The Morgan fingerprint density at radius 2 is 1.48 bits per heavy atom. The number of amidine groups is 1. The molecule has 1 aliphatic heterocycles. The van der Waals surface area contributed by atoms with Crippen LogP contribution in [0.25, 0.3) is 11.4 Å². The van der Waals surface area contributed by atoms with Crippen LogP contribution >= 0.6 is 0 Å². The number of rotatable bonds is 1. The van der Waals surface area contributed by atoms with Gasteiger partial charge in [-0.25, -0.2) is 4.99 Å². The first-order valence-electron chi connectivity index (χ1n) is 6.73. The maximum Gasteiger partial charge on any atom is 0.138 e. The lowest BCUT2D eigenvalue weighted by atomic mass is 10.2. The van der Waals surface area contributed by atoms with Gasteiger partial charge in [0.25, 0.3) is 0 Å². The quantitative estimate of drug-likeness (QED) is 0.735. The molecule has 0 atom stereocenters. The molecule has 0 saturated carbocycles. The van der Waals surface area contributed by atoms with Crippen LogP contribution in [-0.2, 0) is 0 Å². The predicted octanol–water partition coefficient (Wildman–Crippen LogP) is 3.65. The number of nitrogens with one attached hydrogen (secondary N) is 1. The molecule has 4 heteroatoms. The Bertz CT molecular complexity index is 825. The summed E-state index contributed by atoms with van der Waals surface area (Å²) in [7, 11) is 0. The number of hydrogen-bond acceptors (Lipinski definition) is 4. The highest BCUT2D eigenvalue weighted by atomic mass is 15.0. The highest BCUT2D eigenvalue weighted by molar-refractivity contribution is 6.12. The van der Waals surface area contributed by atoms with Crippen LogP contribution in [0.1, 0.15) is 5.56 Å². The molecule has 0 unspecified atom stereocenters. The standard InChI is InChI=1S/C17H12N4/c1-2-6-12(7-3-1)17-20-13-8-4-10-18-15(13)16-14(21-17)9-5-11-19-16/h1-11H,(H,20,21). The Balaban J connectivity index is 1.96. The van der Waals surface area contributed by atoms with Crippen LogP contribution in [0.5, 0.6) is 0 Å². The minimum Gasteiger partial charge on any atom is -0.338 e. The zero-order valence-electron chi connectivity index (χ0n) is 11.2. The predicted molar refractivity (Wildman–Crippen MR) is 83.7 cm³/mol. The summed E-state index contributed by atoms with van der Waals surface area (Å²) < 4.78 is 0. The first-order valence-corrected chi connectivity index (χ1v) is 6.73. The van der Waals surface area contributed by atoms with Crippen molar-refractivity contribution in [3.63, 3.8) is 0 Å². The van der Waals surface area contributed by atoms with Crippen molar-refractivity contribution in [3.8, 4) is 11.4 Å². The Morgan fingerprint density at radius 1 is 0.714 bits per heavy atom. The molecule has 0 radical (unpaired) electrons. The van der Waals surface area contributed by atoms with Gasteiger partial charge in [0, 0.05) is 18.0 Å². The van der Waals surface area contributed by atoms with Gasteiger partial charge in [0.05, 0.1) is 11.4 Å². The molecule has 21 heavy (non-hydrogen) atoms. The maximum atomic E-state index is 4.73. The first-order chi connectivity index (χ1) is 10.4. The lowest BCUT2D eigenvalue weighted by Gasteiger charge is -2.09. The molecule has 1 aromatic carbocycles. The highest BCUT2D eigenvalue weighted by Crippen LogP contribution is 2.34. The Hall–Kier alpha value is -3.01. The van der Waals surface area contributed by atoms with Crippen molar-refractivity contribution in [1.82, 2.24) is 9.97 Å². The second-order valence-corrected chi connectivity index (χ2v) is 4.72. The third-order valence-corrected chi connectivity index (χ3v) is 3.35. The lowest BCUT2D eigenvalue weighted by molar-refractivity contribution is 1.25. The molecule has 1 aliphatic rings. The summed E-state index contributed by atoms with van der Waals surface area (Å²) in [6, 6.07) is 17.8. The summed E-state index contributed by atoms with van der Waals surface area (Å²) in [6.07, 6.45) is 3.53. The van der Waals surface area contributed by atoms with E-state index < -0.39 is 0 Å². The van der Waals surface area contributed by atoms with E-state index in [-0.39, 0.29) is 0 Å². The molecule has 0 bridgehead atoms. The topological polar surface area (TPSA) is 50.2 Å². The molecule has 0 aliphatic carbocycles. The van der Waals surface area contributed by atoms with Crippen LogP contribution in [0.3, 0.4) is 0 Å². The average molecular weight is 272 g/mol.